The highest BCUT2D eigenvalue weighted by Gasteiger charge is 2.22. The number of nitrogens with zero attached hydrogens (tertiary/aromatic N) is 3. The molecule has 1 aromatic carbocycles. The van der Waals surface area contributed by atoms with Gasteiger partial charge in [-0.2, -0.15) is 5.10 Å². The fourth-order valence-electron chi connectivity index (χ4n) is 3.34. The third-order valence-corrected chi connectivity index (χ3v) is 5.08. The summed E-state index contributed by atoms with van der Waals surface area (Å²) in [5.74, 6) is 0.574. The van der Waals surface area contributed by atoms with E-state index < -0.39 is 6.04 Å². The zero-order valence-electron chi connectivity index (χ0n) is 16.1. The number of carbonyl (C=O) groups excluding carboxylic acids is 2. The summed E-state index contributed by atoms with van der Waals surface area (Å²) in [6.07, 6.45) is 5.59. The van der Waals surface area contributed by atoms with Crippen LogP contribution in [0.4, 0.5) is 5.69 Å². The number of piperidine rings is 1. The zero-order valence-corrected chi connectivity index (χ0v) is 16.1. The fraction of sp³-hybridized carbons (Fsp3) is 0.450. The molecule has 0 saturated carbocycles. The Morgan fingerprint density at radius 1 is 1.19 bits per heavy atom. The Hall–Kier alpha value is -2.67. The van der Waals surface area contributed by atoms with E-state index in [1.165, 1.54) is 0 Å². The number of aromatic nitrogens is 2. The molecule has 1 saturated heterocycles. The molecule has 27 heavy (non-hydrogen) atoms. The maximum Gasteiger partial charge on any atom is 0.253 e. The van der Waals surface area contributed by atoms with Crippen molar-refractivity contribution in [2.75, 3.05) is 25.5 Å². The van der Waals surface area contributed by atoms with Crippen LogP contribution in [-0.2, 0) is 11.8 Å². The highest BCUT2D eigenvalue weighted by Crippen LogP contribution is 2.20. The number of benzene rings is 1. The lowest BCUT2D eigenvalue weighted by Gasteiger charge is -2.30. The number of rotatable bonds is 5. The first-order valence-electron chi connectivity index (χ1n) is 9.34. The van der Waals surface area contributed by atoms with Gasteiger partial charge < -0.3 is 15.5 Å². The summed E-state index contributed by atoms with van der Waals surface area (Å²) in [4.78, 5) is 27.1. The minimum atomic E-state index is -0.490. The molecule has 1 unspecified atom stereocenters. The smallest absolute Gasteiger partial charge is 0.253 e. The molecule has 0 radical (unpaired) electrons. The van der Waals surface area contributed by atoms with Crippen LogP contribution in [0, 0.1) is 5.92 Å². The van der Waals surface area contributed by atoms with Crippen LogP contribution in [0.3, 0.4) is 0 Å². The molecular weight excluding hydrogens is 342 g/mol. The van der Waals surface area contributed by atoms with Crippen LogP contribution >= 0.6 is 0 Å². The SMILES string of the molecule is CNC(C(=O)Nc1ccc(C(=O)N2CCC(C)CC2)cc1)c1cnn(C)c1. The summed E-state index contributed by atoms with van der Waals surface area (Å²) in [6, 6.07) is 6.60. The summed E-state index contributed by atoms with van der Waals surface area (Å²) < 4.78 is 1.66. The number of carbonyl (C=O) groups is 2. The van der Waals surface area contributed by atoms with E-state index in [-0.39, 0.29) is 11.8 Å². The standard InChI is InChI=1S/C20H27N5O2/c1-14-8-10-25(11-9-14)20(27)15-4-6-17(7-5-15)23-19(26)18(21-2)16-12-22-24(3)13-16/h4-7,12-14,18,21H,8-11H2,1-3H3,(H,23,26). The van der Waals surface area contributed by atoms with Gasteiger partial charge >= 0.3 is 0 Å². The van der Waals surface area contributed by atoms with Crippen LogP contribution in [-0.4, -0.2) is 46.6 Å². The van der Waals surface area contributed by atoms with Crippen LogP contribution < -0.4 is 10.6 Å². The molecule has 1 fully saturated rings. The summed E-state index contributed by atoms with van der Waals surface area (Å²) in [7, 11) is 3.55. The predicted molar refractivity (Wildman–Crippen MR) is 104 cm³/mol. The van der Waals surface area contributed by atoms with Crippen LogP contribution in [0.5, 0.6) is 0 Å². The second-order valence-corrected chi connectivity index (χ2v) is 7.21. The lowest BCUT2D eigenvalue weighted by molar-refractivity contribution is -0.118. The molecule has 0 aliphatic carbocycles. The Morgan fingerprint density at radius 2 is 1.85 bits per heavy atom. The minimum Gasteiger partial charge on any atom is -0.339 e. The molecule has 1 aliphatic rings. The topological polar surface area (TPSA) is 79.3 Å². The molecule has 2 amide bonds. The Labute approximate surface area is 159 Å². The third kappa shape index (κ3) is 4.54. The van der Waals surface area contributed by atoms with Gasteiger partial charge in [0.1, 0.15) is 6.04 Å². The number of hydrogen-bond donors (Lipinski definition) is 2. The van der Waals surface area contributed by atoms with Gasteiger partial charge in [-0.05, 0) is 50.1 Å². The molecule has 1 atom stereocenters. The molecule has 7 nitrogen and oxygen atoms in total. The predicted octanol–water partition coefficient (Wildman–Crippen LogP) is 2.19. The molecule has 1 aliphatic heterocycles. The number of aryl methyl sites for hydroxylation is 1. The van der Waals surface area contributed by atoms with E-state index in [1.807, 2.05) is 18.1 Å². The van der Waals surface area contributed by atoms with Crippen LogP contribution in [0.2, 0.25) is 0 Å². The normalized spacial score (nSPS) is 16.2. The first-order valence-corrected chi connectivity index (χ1v) is 9.34. The second-order valence-electron chi connectivity index (χ2n) is 7.21. The molecule has 7 heteroatoms. The van der Waals surface area contributed by atoms with Crippen LogP contribution in [0.25, 0.3) is 0 Å². The van der Waals surface area contributed by atoms with E-state index in [1.54, 1.807) is 42.2 Å². The maximum atomic E-state index is 12.6. The third-order valence-electron chi connectivity index (χ3n) is 5.08. The lowest BCUT2D eigenvalue weighted by atomic mass is 9.98. The van der Waals surface area contributed by atoms with E-state index in [0.29, 0.717) is 17.2 Å². The summed E-state index contributed by atoms with van der Waals surface area (Å²) in [5.41, 5.74) is 2.11. The van der Waals surface area contributed by atoms with Crippen LogP contribution in [0.1, 0.15) is 41.7 Å². The van der Waals surface area contributed by atoms with Crippen molar-refractivity contribution in [1.29, 1.82) is 0 Å². The summed E-state index contributed by atoms with van der Waals surface area (Å²) >= 11 is 0. The Balaban J connectivity index is 1.63. The van der Waals surface area contributed by atoms with Gasteiger partial charge in [0.15, 0.2) is 0 Å². The molecule has 0 bridgehead atoms. The molecule has 3 rings (SSSR count). The van der Waals surface area contributed by atoms with Crippen molar-refractivity contribution < 1.29 is 9.59 Å². The number of nitrogens with one attached hydrogen (secondary N) is 2. The van der Waals surface area contributed by atoms with Gasteiger partial charge in [0, 0.05) is 43.1 Å². The highest BCUT2D eigenvalue weighted by molar-refractivity contribution is 5.97. The lowest BCUT2D eigenvalue weighted by Crippen LogP contribution is -2.37. The molecule has 1 aromatic heterocycles. The molecule has 144 valence electrons. The van der Waals surface area contributed by atoms with E-state index in [2.05, 4.69) is 22.7 Å². The van der Waals surface area contributed by atoms with Gasteiger partial charge in [-0.15, -0.1) is 0 Å². The first-order chi connectivity index (χ1) is 13.0. The van der Waals surface area contributed by atoms with Gasteiger partial charge in [-0.1, -0.05) is 6.92 Å². The second kappa shape index (κ2) is 8.35. The van der Waals surface area contributed by atoms with Crippen molar-refractivity contribution in [3.05, 3.63) is 47.8 Å². The number of anilines is 1. The first kappa shape index (κ1) is 19.1. The van der Waals surface area contributed by atoms with Gasteiger partial charge in [0.05, 0.1) is 6.20 Å². The number of likely N-dealkylation sites (N-methyl/N-ethyl adjacent to an activating group) is 1. The average Bonchev–Trinajstić information content (AvgIpc) is 3.09. The maximum absolute atomic E-state index is 12.6. The van der Waals surface area contributed by atoms with Crippen molar-refractivity contribution in [2.45, 2.75) is 25.8 Å². The van der Waals surface area contributed by atoms with Gasteiger partial charge in [-0.3, -0.25) is 14.3 Å². The van der Waals surface area contributed by atoms with Crippen molar-refractivity contribution in [2.24, 2.45) is 13.0 Å². The number of amides is 2. The minimum absolute atomic E-state index is 0.0586. The van der Waals surface area contributed by atoms with Crippen molar-refractivity contribution in [1.82, 2.24) is 20.0 Å². The zero-order chi connectivity index (χ0) is 19.4. The number of hydrogen-bond acceptors (Lipinski definition) is 4. The van der Waals surface area contributed by atoms with Crippen molar-refractivity contribution in [3.8, 4) is 0 Å². The number of likely N-dealkylation sites (tertiary alicyclic amines) is 1. The molecule has 2 aromatic rings. The fourth-order valence-corrected chi connectivity index (χ4v) is 3.34. The van der Waals surface area contributed by atoms with E-state index in [4.69, 9.17) is 0 Å². The van der Waals surface area contributed by atoms with E-state index in [9.17, 15) is 9.59 Å². The van der Waals surface area contributed by atoms with Crippen molar-refractivity contribution in [3.63, 3.8) is 0 Å². The van der Waals surface area contributed by atoms with Crippen molar-refractivity contribution >= 4 is 17.5 Å². The monoisotopic (exact) mass is 369 g/mol. The highest BCUT2D eigenvalue weighted by atomic mass is 16.2. The summed E-state index contributed by atoms with van der Waals surface area (Å²) in [5, 5.41) is 10.00. The van der Waals surface area contributed by atoms with E-state index >= 15 is 0 Å². The molecule has 2 N–H and O–H groups in total. The Kier molecular flexibility index (Phi) is 5.91. The average molecular weight is 369 g/mol. The molecule has 2 heterocycles. The quantitative estimate of drug-likeness (QED) is 0.847. The van der Waals surface area contributed by atoms with Crippen LogP contribution in [0.15, 0.2) is 36.7 Å². The molecular formula is C20H27N5O2. The van der Waals surface area contributed by atoms with Gasteiger partial charge in [-0.25, -0.2) is 0 Å². The summed E-state index contributed by atoms with van der Waals surface area (Å²) in [6.45, 7) is 3.85. The molecule has 0 spiro atoms. The Bertz CT molecular complexity index is 791. The Morgan fingerprint density at radius 3 is 2.41 bits per heavy atom. The van der Waals surface area contributed by atoms with Gasteiger partial charge in [0.25, 0.3) is 5.91 Å². The van der Waals surface area contributed by atoms with E-state index in [0.717, 1.165) is 31.5 Å². The van der Waals surface area contributed by atoms with Gasteiger partial charge in [0.2, 0.25) is 5.91 Å². The largest absolute Gasteiger partial charge is 0.339 e.